The maximum Gasteiger partial charge on any atom is 0.274 e. The van der Waals surface area contributed by atoms with Crippen molar-refractivity contribution >= 4 is 42.5 Å². The molecule has 0 saturated carbocycles. The average molecular weight is 325 g/mol. The van der Waals surface area contributed by atoms with Crippen molar-refractivity contribution in [1.82, 2.24) is 0 Å². The van der Waals surface area contributed by atoms with Crippen molar-refractivity contribution in [2.75, 3.05) is 0 Å². The molecule has 0 spiro atoms. The Bertz CT molecular complexity index is 422. The second-order valence-electron chi connectivity index (χ2n) is 4.80. The summed E-state index contributed by atoms with van der Waals surface area (Å²) in [5, 5.41) is 0.915. The van der Waals surface area contributed by atoms with Crippen LogP contribution in [-0.2, 0) is 0 Å². The molecule has 102 valence electrons. The maximum atomic E-state index is 6.01. The van der Waals surface area contributed by atoms with Crippen LogP contribution in [0, 0.1) is 0 Å². The predicted octanol–water partition coefficient (Wildman–Crippen LogP) is 2.37. The molecule has 3 nitrogen and oxygen atoms in total. The van der Waals surface area contributed by atoms with Crippen LogP contribution < -0.4 is 18.5 Å². The molecule has 0 aliphatic carbocycles. The highest BCUT2D eigenvalue weighted by Gasteiger charge is 2.19. The Morgan fingerprint density at radius 1 is 0.737 bits per heavy atom. The number of benzene rings is 1. The second-order valence-corrected chi connectivity index (χ2v) is 11.4. The molecule has 0 N–H and O–H groups in total. The molecular weight excluding hydrogens is 304 g/mol. The van der Waals surface area contributed by atoms with E-state index < -0.39 is 27.1 Å². The van der Waals surface area contributed by atoms with Gasteiger partial charge in [-0.25, -0.2) is 0 Å². The highest BCUT2D eigenvalue weighted by atomic mass is 28.3. The first-order valence-electron chi connectivity index (χ1n) is 6.14. The van der Waals surface area contributed by atoms with Crippen molar-refractivity contribution in [3.05, 3.63) is 12.1 Å². The molecule has 7 heteroatoms. The van der Waals surface area contributed by atoms with E-state index >= 15 is 0 Å². The highest BCUT2D eigenvalue weighted by molar-refractivity contribution is 6.51. The summed E-state index contributed by atoms with van der Waals surface area (Å²) < 4.78 is 17.9. The minimum atomic E-state index is -0.877. The van der Waals surface area contributed by atoms with Crippen LogP contribution >= 0.6 is 0 Å². The van der Waals surface area contributed by atoms with Gasteiger partial charge in [-0.15, -0.1) is 0 Å². The van der Waals surface area contributed by atoms with Gasteiger partial charge in [-0.1, -0.05) is 6.07 Å². The first-order chi connectivity index (χ1) is 8.81. The van der Waals surface area contributed by atoms with Gasteiger partial charge in [-0.3, -0.25) is 0 Å². The summed E-state index contributed by atoms with van der Waals surface area (Å²) in [6.45, 7) is 12.6. The van der Waals surface area contributed by atoms with Crippen LogP contribution in [0.15, 0.2) is 12.1 Å². The lowest BCUT2D eigenvalue weighted by Gasteiger charge is -2.22. The fourth-order valence-corrected chi connectivity index (χ4v) is 3.61. The molecule has 1 aromatic rings. The van der Waals surface area contributed by atoms with E-state index in [9.17, 15) is 0 Å². The summed E-state index contributed by atoms with van der Waals surface area (Å²) in [5.41, 5.74) is 0. The van der Waals surface area contributed by atoms with E-state index in [0.29, 0.717) is 0 Å². The maximum absolute atomic E-state index is 6.01. The third-order valence-corrected chi connectivity index (χ3v) is 4.25. The molecule has 0 aromatic heterocycles. The molecule has 6 radical (unpaired) electrons. The monoisotopic (exact) mass is 324 g/mol. The van der Waals surface area contributed by atoms with Gasteiger partial charge in [0.25, 0.3) is 27.1 Å². The lowest BCUT2D eigenvalue weighted by atomic mass is 10.3. The Kier molecular flexibility index (Phi) is 6.37. The molecule has 0 aliphatic heterocycles. The molecular formula is C12H20O3Si4. The van der Waals surface area contributed by atoms with Gasteiger partial charge in [-0.2, -0.15) is 0 Å². The van der Waals surface area contributed by atoms with E-state index in [1.54, 1.807) is 0 Å². The zero-order valence-electron chi connectivity index (χ0n) is 12.4. The minimum absolute atomic E-state index is 0.754. The van der Waals surface area contributed by atoms with Crippen LogP contribution in [0.1, 0.15) is 0 Å². The first kappa shape index (κ1) is 16.5. The van der Waals surface area contributed by atoms with Crippen LogP contribution in [-0.4, -0.2) is 37.4 Å². The highest BCUT2D eigenvalue weighted by Crippen LogP contribution is 2.36. The van der Waals surface area contributed by atoms with E-state index in [4.69, 9.17) is 13.3 Å². The Labute approximate surface area is 124 Å². The SMILES string of the molecule is C[Si](C)Oc1ccc([Si])c(O[Si](C)C)c1O[Si](C)C. The third kappa shape index (κ3) is 5.17. The fourth-order valence-electron chi connectivity index (χ4n) is 1.45. The minimum Gasteiger partial charge on any atom is -0.540 e. The molecule has 19 heavy (non-hydrogen) atoms. The largest absolute Gasteiger partial charge is 0.540 e. The van der Waals surface area contributed by atoms with Gasteiger partial charge in [0.15, 0.2) is 5.75 Å². The van der Waals surface area contributed by atoms with Gasteiger partial charge >= 0.3 is 0 Å². The summed E-state index contributed by atoms with van der Waals surface area (Å²) in [6, 6.07) is 3.91. The molecule has 1 rings (SSSR count). The van der Waals surface area contributed by atoms with Crippen LogP contribution in [0.5, 0.6) is 17.2 Å². The molecule has 0 atom stereocenters. The van der Waals surface area contributed by atoms with Crippen molar-refractivity contribution in [1.29, 1.82) is 0 Å². The smallest absolute Gasteiger partial charge is 0.274 e. The van der Waals surface area contributed by atoms with Crippen LogP contribution in [0.2, 0.25) is 39.3 Å². The molecule has 0 saturated heterocycles. The van der Waals surface area contributed by atoms with Gasteiger partial charge in [0, 0.05) is 0 Å². The lowest BCUT2D eigenvalue weighted by Crippen LogP contribution is -2.23. The molecule has 1 aromatic carbocycles. The Morgan fingerprint density at radius 2 is 1.21 bits per heavy atom. The van der Waals surface area contributed by atoms with Gasteiger partial charge in [0.05, 0.1) is 10.2 Å². The average Bonchev–Trinajstić information content (AvgIpc) is 2.25. The molecule has 0 aliphatic rings. The van der Waals surface area contributed by atoms with Crippen LogP contribution in [0.25, 0.3) is 0 Å². The first-order valence-corrected chi connectivity index (χ1v) is 13.9. The summed E-state index contributed by atoms with van der Waals surface area (Å²) in [4.78, 5) is 0. The van der Waals surface area contributed by atoms with Crippen molar-refractivity contribution in [3.63, 3.8) is 0 Å². The Hall–Kier alpha value is -0.512. The van der Waals surface area contributed by atoms with Crippen molar-refractivity contribution in [2.24, 2.45) is 0 Å². The van der Waals surface area contributed by atoms with Gasteiger partial charge in [-0.05, 0) is 50.5 Å². The van der Waals surface area contributed by atoms with Crippen molar-refractivity contribution in [2.45, 2.75) is 39.3 Å². The number of hydrogen-bond donors (Lipinski definition) is 0. The van der Waals surface area contributed by atoms with Crippen LogP contribution in [0.3, 0.4) is 0 Å². The Balaban J connectivity index is 3.23. The van der Waals surface area contributed by atoms with Gasteiger partial charge < -0.3 is 13.3 Å². The lowest BCUT2D eigenvalue weighted by molar-refractivity contribution is 0.476. The summed E-state index contributed by atoms with van der Waals surface area (Å²) in [5.74, 6) is 2.33. The second kappa shape index (κ2) is 7.32. The molecule has 0 amide bonds. The molecule has 0 bridgehead atoms. The quantitative estimate of drug-likeness (QED) is 0.752. The van der Waals surface area contributed by atoms with Gasteiger partial charge in [0.2, 0.25) is 0 Å². The van der Waals surface area contributed by atoms with E-state index in [1.807, 2.05) is 12.1 Å². The molecule has 0 unspecified atom stereocenters. The molecule has 0 fully saturated rings. The summed E-state index contributed by atoms with van der Waals surface area (Å²) in [7, 11) is 1.03. The van der Waals surface area contributed by atoms with Crippen LogP contribution in [0.4, 0.5) is 0 Å². The zero-order chi connectivity index (χ0) is 14.6. The normalized spacial score (nSPS) is 11.3. The number of hydrogen-bond acceptors (Lipinski definition) is 3. The van der Waals surface area contributed by atoms with Crippen molar-refractivity contribution in [3.8, 4) is 17.2 Å². The van der Waals surface area contributed by atoms with Crippen molar-refractivity contribution < 1.29 is 13.3 Å². The van der Waals surface area contributed by atoms with E-state index in [1.165, 1.54) is 0 Å². The predicted molar refractivity (Wildman–Crippen MR) is 86.2 cm³/mol. The van der Waals surface area contributed by atoms with E-state index in [0.717, 1.165) is 22.4 Å². The standard InChI is InChI=1S/C12H20O3Si4/c1-17(2)13-9-7-8-10(16)12(15-19(5)6)11(9)14-18(3)4/h7-8H,1-6H3. The fraction of sp³-hybridized carbons (Fsp3) is 0.500. The van der Waals surface area contributed by atoms with E-state index in [-0.39, 0.29) is 0 Å². The van der Waals surface area contributed by atoms with E-state index in [2.05, 4.69) is 49.5 Å². The number of rotatable bonds is 6. The summed E-state index contributed by atoms with van der Waals surface area (Å²) in [6.07, 6.45) is 0. The third-order valence-electron chi connectivity index (χ3n) is 2.00. The zero-order valence-corrected chi connectivity index (χ0v) is 16.4. The topological polar surface area (TPSA) is 27.7 Å². The molecule has 0 heterocycles. The Morgan fingerprint density at radius 3 is 1.68 bits per heavy atom. The van der Waals surface area contributed by atoms with Gasteiger partial charge in [0.1, 0.15) is 11.5 Å². The summed E-state index contributed by atoms with van der Waals surface area (Å²) >= 11 is 0.